The first-order valence-corrected chi connectivity index (χ1v) is 6.23. The van der Waals surface area contributed by atoms with Crippen LogP contribution in [0.1, 0.15) is 12.0 Å². The SMILES string of the molecule is CN(C)CCNc1ccc(CNC(=O)CC#N)cc1. The Kier molecular flexibility index (Phi) is 6.41. The minimum Gasteiger partial charge on any atom is -0.384 e. The van der Waals surface area contributed by atoms with Crippen molar-refractivity contribution in [1.82, 2.24) is 10.2 Å². The molecule has 102 valence electrons. The summed E-state index contributed by atoms with van der Waals surface area (Å²) in [5, 5.41) is 14.4. The number of nitriles is 1. The fourth-order valence-corrected chi connectivity index (χ4v) is 1.50. The van der Waals surface area contributed by atoms with Crippen molar-refractivity contribution in [3.05, 3.63) is 29.8 Å². The second-order valence-corrected chi connectivity index (χ2v) is 4.54. The predicted molar refractivity (Wildman–Crippen MR) is 75.6 cm³/mol. The van der Waals surface area contributed by atoms with Gasteiger partial charge in [0.2, 0.25) is 5.91 Å². The first kappa shape index (κ1) is 15.0. The van der Waals surface area contributed by atoms with E-state index in [9.17, 15) is 4.79 Å². The van der Waals surface area contributed by atoms with Crippen molar-refractivity contribution in [3.63, 3.8) is 0 Å². The van der Waals surface area contributed by atoms with Crippen LogP contribution in [-0.4, -0.2) is 38.0 Å². The van der Waals surface area contributed by atoms with E-state index in [1.54, 1.807) is 0 Å². The van der Waals surface area contributed by atoms with Crippen LogP contribution in [0, 0.1) is 11.3 Å². The first-order chi connectivity index (χ1) is 9.11. The van der Waals surface area contributed by atoms with Crippen molar-refractivity contribution in [2.75, 3.05) is 32.5 Å². The minimum atomic E-state index is -0.240. The largest absolute Gasteiger partial charge is 0.384 e. The molecule has 0 spiro atoms. The lowest BCUT2D eigenvalue weighted by Crippen LogP contribution is -2.22. The Hall–Kier alpha value is -2.06. The number of nitrogens with zero attached hydrogens (tertiary/aromatic N) is 2. The monoisotopic (exact) mass is 260 g/mol. The maximum absolute atomic E-state index is 11.1. The molecule has 0 saturated carbocycles. The summed E-state index contributed by atoms with van der Waals surface area (Å²) in [4.78, 5) is 13.3. The molecule has 0 aromatic heterocycles. The number of carbonyl (C=O) groups is 1. The third-order valence-corrected chi connectivity index (χ3v) is 2.57. The molecule has 0 bridgehead atoms. The highest BCUT2D eigenvalue weighted by Gasteiger charge is 2.00. The molecule has 1 rings (SSSR count). The highest BCUT2D eigenvalue weighted by Crippen LogP contribution is 2.09. The summed E-state index contributed by atoms with van der Waals surface area (Å²) in [6.07, 6.45) is -0.0931. The molecular formula is C14H20N4O. The fourth-order valence-electron chi connectivity index (χ4n) is 1.50. The zero-order valence-corrected chi connectivity index (χ0v) is 11.4. The molecule has 5 heteroatoms. The van der Waals surface area contributed by atoms with Crippen molar-refractivity contribution < 1.29 is 4.79 Å². The van der Waals surface area contributed by atoms with Crippen molar-refractivity contribution >= 4 is 11.6 Å². The molecule has 5 nitrogen and oxygen atoms in total. The van der Waals surface area contributed by atoms with Gasteiger partial charge in [0.25, 0.3) is 0 Å². The number of rotatable bonds is 7. The molecule has 0 saturated heterocycles. The van der Waals surface area contributed by atoms with Gasteiger partial charge in [0.05, 0.1) is 6.07 Å². The van der Waals surface area contributed by atoms with Crippen LogP contribution in [0.15, 0.2) is 24.3 Å². The van der Waals surface area contributed by atoms with Crippen LogP contribution < -0.4 is 10.6 Å². The molecule has 0 aliphatic carbocycles. The van der Waals surface area contributed by atoms with Gasteiger partial charge in [0, 0.05) is 25.3 Å². The average Bonchev–Trinajstić information content (AvgIpc) is 2.38. The van der Waals surface area contributed by atoms with Crippen LogP contribution in [0.5, 0.6) is 0 Å². The molecule has 0 aliphatic heterocycles. The topological polar surface area (TPSA) is 68.2 Å². The zero-order valence-electron chi connectivity index (χ0n) is 11.4. The standard InChI is InChI=1S/C14H20N4O/c1-18(2)10-9-16-13-5-3-12(4-6-13)11-17-14(19)7-8-15/h3-6,16H,7,9-11H2,1-2H3,(H,17,19). The molecule has 0 atom stereocenters. The van der Waals surface area contributed by atoms with Crippen molar-refractivity contribution in [1.29, 1.82) is 5.26 Å². The van der Waals surface area contributed by atoms with Crippen LogP contribution in [0.3, 0.4) is 0 Å². The fraction of sp³-hybridized carbons (Fsp3) is 0.429. The second-order valence-electron chi connectivity index (χ2n) is 4.54. The van der Waals surface area contributed by atoms with E-state index < -0.39 is 0 Å². The van der Waals surface area contributed by atoms with E-state index in [0.29, 0.717) is 6.54 Å². The summed E-state index contributed by atoms with van der Waals surface area (Å²) in [7, 11) is 4.07. The number of carbonyl (C=O) groups excluding carboxylic acids is 1. The molecule has 2 N–H and O–H groups in total. The van der Waals surface area contributed by atoms with Crippen LogP contribution in [0.4, 0.5) is 5.69 Å². The molecule has 0 radical (unpaired) electrons. The van der Waals surface area contributed by atoms with Gasteiger partial charge in [-0.15, -0.1) is 0 Å². The number of anilines is 1. The van der Waals surface area contributed by atoms with E-state index >= 15 is 0 Å². The van der Waals surface area contributed by atoms with E-state index in [1.165, 1.54) is 0 Å². The van der Waals surface area contributed by atoms with Gasteiger partial charge >= 0.3 is 0 Å². The first-order valence-electron chi connectivity index (χ1n) is 6.23. The Morgan fingerprint density at radius 2 is 2.00 bits per heavy atom. The summed E-state index contributed by atoms with van der Waals surface area (Å²) >= 11 is 0. The van der Waals surface area contributed by atoms with Gasteiger partial charge in [-0.25, -0.2) is 0 Å². The Morgan fingerprint density at radius 1 is 1.32 bits per heavy atom. The van der Waals surface area contributed by atoms with Gasteiger partial charge in [-0.1, -0.05) is 12.1 Å². The number of hydrogen-bond donors (Lipinski definition) is 2. The van der Waals surface area contributed by atoms with E-state index in [2.05, 4.69) is 15.5 Å². The van der Waals surface area contributed by atoms with Gasteiger partial charge < -0.3 is 15.5 Å². The molecule has 19 heavy (non-hydrogen) atoms. The Bertz CT molecular complexity index is 434. The maximum atomic E-state index is 11.1. The number of likely N-dealkylation sites (N-methyl/N-ethyl adjacent to an activating group) is 1. The van der Waals surface area contributed by atoms with Crippen LogP contribution in [-0.2, 0) is 11.3 Å². The van der Waals surface area contributed by atoms with E-state index in [4.69, 9.17) is 5.26 Å². The number of nitrogens with one attached hydrogen (secondary N) is 2. The van der Waals surface area contributed by atoms with Gasteiger partial charge in [-0.3, -0.25) is 4.79 Å². The Balaban J connectivity index is 2.35. The molecule has 0 unspecified atom stereocenters. The maximum Gasteiger partial charge on any atom is 0.234 e. The third kappa shape index (κ3) is 6.43. The smallest absolute Gasteiger partial charge is 0.234 e. The summed E-state index contributed by atoms with van der Waals surface area (Å²) in [6.45, 7) is 2.33. The van der Waals surface area contributed by atoms with Crippen molar-refractivity contribution in [2.45, 2.75) is 13.0 Å². The highest BCUT2D eigenvalue weighted by molar-refractivity contribution is 5.77. The molecule has 1 amide bonds. The van der Waals surface area contributed by atoms with Gasteiger partial charge in [-0.2, -0.15) is 5.26 Å². The normalized spacial score (nSPS) is 10.0. The van der Waals surface area contributed by atoms with Gasteiger partial charge in [-0.05, 0) is 31.8 Å². The second kappa shape index (κ2) is 8.11. The lowest BCUT2D eigenvalue weighted by Gasteiger charge is -2.11. The molecule has 1 aromatic rings. The third-order valence-electron chi connectivity index (χ3n) is 2.57. The molecule has 0 heterocycles. The van der Waals surface area contributed by atoms with Crippen molar-refractivity contribution in [2.24, 2.45) is 0 Å². The quantitative estimate of drug-likeness (QED) is 0.772. The van der Waals surface area contributed by atoms with Crippen LogP contribution in [0.2, 0.25) is 0 Å². The number of benzene rings is 1. The van der Waals surface area contributed by atoms with Gasteiger partial charge in [0.1, 0.15) is 6.42 Å². The molecular weight excluding hydrogens is 240 g/mol. The van der Waals surface area contributed by atoms with E-state index in [-0.39, 0.29) is 12.3 Å². The summed E-state index contributed by atoms with van der Waals surface area (Å²) < 4.78 is 0. The highest BCUT2D eigenvalue weighted by atomic mass is 16.1. The van der Waals surface area contributed by atoms with Gasteiger partial charge in [0.15, 0.2) is 0 Å². The Labute approximate surface area is 114 Å². The molecule has 0 aliphatic rings. The zero-order chi connectivity index (χ0) is 14.1. The lowest BCUT2D eigenvalue weighted by atomic mass is 10.2. The summed E-state index contributed by atoms with van der Waals surface area (Å²) in [5.74, 6) is -0.240. The minimum absolute atomic E-state index is 0.0931. The number of hydrogen-bond acceptors (Lipinski definition) is 4. The molecule has 1 aromatic carbocycles. The average molecular weight is 260 g/mol. The van der Waals surface area contributed by atoms with Crippen LogP contribution >= 0.6 is 0 Å². The molecule has 0 fully saturated rings. The van der Waals surface area contributed by atoms with E-state index in [0.717, 1.165) is 24.3 Å². The summed E-state index contributed by atoms with van der Waals surface area (Å²) in [5.41, 5.74) is 2.08. The predicted octanol–water partition coefficient (Wildman–Crippen LogP) is 1.19. The van der Waals surface area contributed by atoms with E-state index in [1.807, 2.05) is 44.4 Å². The lowest BCUT2D eigenvalue weighted by molar-refractivity contribution is -0.120. The number of amides is 1. The Morgan fingerprint density at radius 3 is 2.58 bits per heavy atom. The van der Waals surface area contributed by atoms with Crippen molar-refractivity contribution in [3.8, 4) is 6.07 Å². The summed E-state index contributed by atoms with van der Waals surface area (Å²) in [6, 6.07) is 9.72. The van der Waals surface area contributed by atoms with Crippen LogP contribution in [0.25, 0.3) is 0 Å².